The van der Waals surface area contributed by atoms with Crippen molar-refractivity contribution in [1.29, 1.82) is 5.41 Å². The van der Waals surface area contributed by atoms with Crippen molar-refractivity contribution in [3.8, 4) is 40.5 Å². The van der Waals surface area contributed by atoms with Crippen molar-refractivity contribution in [1.82, 2.24) is 9.88 Å². The number of pyridine rings is 1. The van der Waals surface area contributed by atoms with E-state index in [1.165, 1.54) is 30.3 Å². The number of aliphatic imine (C=N–C) groups is 1. The molecule has 0 fully saturated rings. The molecule has 0 unspecified atom stereocenters. The van der Waals surface area contributed by atoms with Crippen molar-refractivity contribution in [2.24, 2.45) is 10.7 Å². The third-order valence-corrected chi connectivity index (χ3v) is 7.00. The molecule has 1 aromatic heterocycles. The standard InChI is InChI=1S/C33H31F2N5O6/c1-5-43-33(42)21-13-17(2)27(18(3)14-21)46-28-25(34)31(44-22-8-6-7-20(15-22)30-38-11-12-40(30)4)39-32(26(28)35)45-24-16-19(29(36)37)9-10-23(24)41/h6-10,13-16,41H,5,11-12H2,1-4H3,(H3,36,37). The maximum absolute atomic E-state index is 16.1. The first-order chi connectivity index (χ1) is 22.0. The van der Waals surface area contributed by atoms with Gasteiger partial charge in [-0.05, 0) is 74.4 Å². The Hall–Kier alpha value is -5.72. The Morgan fingerprint density at radius 1 is 0.978 bits per heavy atom. The van der Waals surface area contributed by atoms with Gasteiger partial charge in [0.05, 0.1) is 18.7 Å². The Morgan fingerprint density at radius 2 is 1.67 bits per heavy atom. The second-order valence-electron chi connectivity index (χ2n) is 10.4. The van der Waals surface area contributed by atoms with E-state index in [2.05, 4.69) is 9.98 Å². The fourth-order valence-electron chi connectivity index (χ4n) is 4.77. The number of carbonyl (C=O) groups excluding carboxylic acids is 1. The maximum Gasteiger partial charge on any atom is 0.338 e. The van der Waals surface area contributed by atoms with Gasteiger partial charge in [-0.2, -0.15) is 13.8 Å². The number of halogens is 2. The molecule has 2 heterocycles. The molecule has 1 aliphatic rings. The van der Waals surface area contributed by atoms with Crippen molar-refractivity contribution in [3.63, 3.8) is 0 Å². The van der Waals surface area contributed by atoms with Crippen molar-refractivity contribution in [2.75, 3.05) is 26.7 Å². The fraction of sp³-hybridized carbons (Fsp3) is 0.212. The number of esters is 1. The summed E-state index contributed by atoms with van der Waals surface area (Å²) in [5.41, 5.74) is 7.48. The number of nitrogens with zero attached hydrogens (tertiary/aromatic N) is 3. The molecule has 3 aromatic carbocycles. The fourth-order valence-corrected chi connectivity index (χ4v) is 4.77. The SMILES string of the molecule is CCOC(=O)c1cc(C)c(Oc2c(F)c(Oc3cccc(C4=NCCN4C)c3)nc(Oc3cc(C(=N)N)ccc3O)c2F)c(C)c1. The zero-order valence-corrected chi connectivity index (χ0v) is 25.5. The van der Waals surface area contributed by atoms with Crippen LogP contribution in [0.15, 0.2) is 59.6 Å². The van der Waals surface area contributed by atoms with Crippen LogP contribution < -0.4 is 19.9 Å². The monoisotopic (exact) mass is 631 g/mol. The zero-order chi connectivity index (χ0) is 33.1. The van der Waals surface area contributed by atoms with Crippen LogP contribution in [0.25, 0.3) is 0 Å². The normalized spacial score (nSPS) is 12.5. The largest absolute Gasteiger partial charge is 0.504 e. The van der Waals surface area contributed by atoms with Crippen LogP contribution in [0.4, 0.5) is 8.78 Å². The molecule has 4 aromatic rings. The van der Waals surface area contributed by atoms with Crippen LogP contribution in [0.3, 0.4) is 0 Å². The number of amidine groups is 2. The number of hydrogen-bond acceptors (Lipinski definition) is 10. The molecule has 4 N–H and O–H groups in total. The van der Waals surface area contributed by atoms with Gasteiger partial charge in [0.1, 0.15) is 23.2 Å². The molecule has 0 spiro atoms. The Bertz CT molecular complexity index is 1860. The van der Waals surface area contributed by atoms with Gasteiger partial charge in [-0.3, -0.25) is 10.4 Å². The first-order valence-electron chi connectivity index (χ1n) is 14.2. The van der Waals surface area contributed by atoms with Crippen LogP contribution in [0.5, 0.6) is 40.5 Å². The van der Waals surface area contributed by atoms with E-state index < -0.39 is 40.9 Å². The van der Waals surface area contributed by atoms with E-state index in [9.17, 15) is 9.90 Å². The summed E-state index contributed by atoms with van der Waals surface area (Å²) in [5, 5.41) is 18.1. The smallest absolute Gasteiger partial charge is 0.338 e. The minimum Gasteiger partial charge on any atom is -0.504 e. The lowest BCUT2D eigenvalue weighted by Crippen LogP contribution is -2.23. The number of likely N-dealkylation sites (N-methyl/N-ethyl adjacent to an activating group) is 1. The lowest BCUT2D eigenvalue weighted by Gasteiger charge is -2.18. The van der Waals surface area contributed by atoms with E-state index in [1.54, 1.807) is 39.0 Å². The molecule has 46 heavy (non-hydrogen) atoms. The Balaban J connectivity index is 1.60. The number of carbonyl (C=O) groups is 1. The average Bonchev–Trinajstić information content (AvgIpc) is 3.45. The van der Waals surface area contributed by atoms with Gasteiger partial charge in [0.15, 0.2) is 11.5 Å². The van der Waals surface area contributed by atoms with Crippen molar-refractivity contribution in [3.05, 3.63) is 94.0 Å². The predicted octanol–water partition coefficient (Wildman–Crippen LogP) is 6.21. The summed E-state index contributed by atoms with van der Waals surface area (Å²) < 4.78 is 54.5. The quantitative estimate of drug-likeness (QED) is 0.105. The molecule has 1 aliphatic heterocycles. The first kappa shape index (κ1) is 31.7. The van der Waals surface area contributed by atoms with Gasteiger partial charge in [0, 0.05) is 24.7 Å². The van der Waals surface area contributed by atoms with Crippen molar-refractivity contribution >= 4 is 17.6 Å². The number of aromatic hydroxyl groups is 1. The maximum atomic E-state index is 16.1. The summed E-state index contributed by atoms with van der Waals surface area (Å²) in [6, 6.07) is 13.4. The number of aryl methyl sites for hydroxylation is 2. The summed E-state index contributed by atoms with van der Waals surface area (Å²) in [5.74, 6) is -5.67. The molecular weight excluding hydrogens is 600 g/mol. The van der Waals surface area contributed by atoms with Crippen LogP contribution in [0, 0.1) is 30.9 Å². The molecule has 0 saturated carbocycles. The topological polar surface area (TPSA) is 153 Å². The number of phenols is 1. The lowest BCUT2D eigenvalue weighted by molar-refractivity contribution is 0.0526. The number of nitrogen functional groups attached to an aromatic ring is 1. The van der Waals surface area contributed by atoms with Gasteiger partial charge in [-0.15, -0.1) is 0 Å². The minimum absolute atomic E-state index is 0.0691. The van der Waals surface area contributed by atoms with Crippen LogP contribution in [-0.2, 0) is 4.74 Å². The molecule has 0 saturated heterocycles. The second-order valence-corrected chi connectivity index (χ2v) is 10.4. The average molecular weight is 632 g/mol. The third kappa shape index (κ3) is 6.53. The summed E-state index contributed by atoms with van der Waals surface area (Å²) in [6.45, 7) is 6.44. The van der Waals surface area contributed by atoms with E-state index in [0.717, 1.165) is 12.4 Å². The third-order valence-electron chi connectivity index (χ3n) is 7.00. The van der Waals surface area contributed by atoms with Crippen molar-refractivity contribution < 1.29 is 37.6 Å². The van der Waals surface area contributed by atoms with Crippen LogP contribution in [-0.4, -0.2) is 59.4 Å². The van der Waals surface area contributed by atoms with Gasteiger partial charge in [0.25, 0.3) is 11.8 Å². The van der Waals surface area contributed by atoms with Gasteiger partial charge >= 0.3 is 5.97 Å². The highest BCUT2D eigenvalue weighted by Gasteiger charge is 2.28. The van der Waals surface area contributed by atoms with E-state index in [4.69, 9.17) is 30.1 Å². The van der Waals surface area contributed by atoms with Crippen molar-refractivity contribution in [2.45, 2.75) is 20.8 Å². The molecule has 0 radical (unpaired) electrons. The highest BCUT2D eigenvalue weighted by molar-refractivity contribution is 6.00. The number of hydrogen-bond donors (Lipinski definition) is 3. The summed E-state index contributed by atoms with van der Waals surface area (Å²) in [7, 11) is 1.90. The molecule has 0 atom stereocenters. The molecule has 0 aliphatic carbocycles. The second kappa shape index (κ2) is 13.1. The molecule has 5 rings (SSSR count). The summed E-state index contributed by atoms with van der Waals surface area (Å²) in [4.78, 5) is 22.7. The van der Waals surface area contributed by atoms with Crippen LogP contribution in [0.2, 0.25) is 0 Å². The first-order valence-corrected chi connectivity index (χ1v) is 14.2. The number of benzene rings is 3. The van der Waals surface area contributed by atoms with Gasteiger partial charge in [-0.1, -0.05) is 12.1 Å². The lowest BCUT2D eigenvalue weighted by atomic mass is 10.1. The van der Waals surface area contributed by atoms with E-state index in [1.807, 2.05) is 18.0 Å². The highest BCUT2D eigenvalue weighted by atomic mass is 19.1. The number of phenolic OH excluding ortho intramolecular Hbond substituents is 1. The van der Waals surface area contributed by atoms with E-state index in [0.29, 0.717) is 23.2 Å². The Morgan fingerprint density at radius 3 is 2.30 bits per heavy atom. The van der Waals surface area contributed by atoms with Gasteiger partial charge in [-0.25, -0.2) is 4.79 Å². The van der Waals surface area contributed by atoms with Gasteiger partial charge < -0.3 is 34.7 Å². The van der Waals surface area contributed by atoms with Crippen LogP contribution >= 0.6 is 0 Å². The van der Waals surface area contributed by atoms with Crippen LogP contribution in [0.1, 0.15) is 39.5 Å². The number of ether oxygens (including phenoxy) is 4. The molecule has 11 nitrogen and oxygen atoms in total. The molecule has 0 bridgehead atoms. The van der Waals surface area contributed by atoms with E-state index >= 15 is 8.78 Å². The summed E-state index contributed by atoms with van der Waals surface area (Å²) >= 11 is 0. The minimum atomic E-state index is -1.35. The Labute approximate surface area is 263 Å². The number of aromatic nitrogens is 1. The number of rotatable bonds is 10. The highest BCUT2D eigenvalue weighted by Crippen LogP contribution is 2.42. The molecular formula is C33H31F2N5O6. The number of nitrogens with one attached hydrogen (secondary N) is 1. The zero-order valence-electron chi connectivity index (χ0n) is 25.5. The summed E-state index contributed by atoms with van der Waals surface area (Å²) in [6.07, 6.45) is 0. The molecule has 238 valence electrons. The molecule has 13 heteroatoms. The predicted molar refractivity (Wildman–Crippen MR) is 166 cm³/mol. The number of nitrogens with two attached hydrogens (primary N) is 1. The van der Waals surface area contributed by atoms with E-state index in [-0.39, 0.29) is 40.8 Å². The van der Waals surface area contributed by atoms with Gasteiger partial charge in [0.2, 0.25) is 17.4 Å². The molecule has 0 amide bonds. The Kier molecular flexibility index (Phi) is 9.03.